The average Bonchev–Trinajstić information content (AvgIpc) is 3.09. The molecule has 1 heterocycles. The minimum Gasteiger partial charge on any atom is -0.484 e. The van der Waals surface area contributed by atoms with Crippen molar-refractivity contribution in [2.45, 2.75) is 39.2 Å². The summed E-state index contributed by atoms with van der Waals surface area (Å²) >= 11 is 5.96. The summed E-state index contributed by atoms with van der Waals surface area (Å²) in [6.07, 6.45) is 4.33. The molecule has 2 aromatic rings. The second-order valence-electron chi connectivity index (χ2n) is 5.74. The zero-order chi connectivity index (χ0) is 18.9. The number of rotatable bonds is 10. The van der Waals surface area contributed by atoms with Gasteiger partial charge < -0.3 is 14.5 Å². The van der Waals surface area contributed by atoms with E-state index in [0.717, 1.165) is 25.7 Å². The van der Waals surface area contributed by atoms with Crippen LogP contribution in [-0.2, 0) is 6.61 Å². The summed E-state index contributed by atoms with van der Waals surface area (Å²) in [5.74, 6) is 0.709. The molecular formula is C18H21ClN2O5. The minimum atomic E-state index is -0.532. The van der Waals surface area contributed by atoms with Gasteiger partial charge in [0.2, 0.25) is 0 Å². The molecule has 0 fully saturated rings. The predicted octanol–water partition coefficient (Wildman–Crippen LogP) is 4.73. The molecule has 0 radical (unpaired) electrons. The van der Waals surface area contributed by atoms with E-state index in [9.17, 15) is 14.9 Å². The third-order valence-electron chi connectivity index (χ3n) is 3.70. The van der Waals surface area contributed by atoms with E-state index in [-0.39, 0.29) is 29.0 Å². The highest BCUT2D eigenvalue weighted by Gasteiger charge is 2.13. The van der Waals surface area contributed by atoms with E-state index in [1.807, 2.05) is 0 Å². The Labute approximate surface area is 156 Å². The molecule has 0 saturated heterocycles. The zero-order valence-electron chi connectivity index (χ0n) is 14.5. The average molecular weight is 381 g/mol. The normalized spacial score (nSPS) is 10.5. The Morgan fingerprint density at radius 1 is 1.27 bits per heavy atom. The van der Waals surface area contributed by atoms with Crippen LogP contribution in [0.5, 0.6) is 5.75 Å². The van der Waals surface area contributed by atoms with Crippen LogP contribution in [0.15, 0.2) is 34.7 Å². The highest BCUT2D eigenvalue weighted by molar-refractivity contribution is 6.32. The van der Waals surface area contributed by atoms with Crippen LogP contribution in [0.2, 0.25) is 5.02 Å². The van der Waals surface area contributed by atoms with Gasteiger partial charge in [0, 0.05) is 18.7 Å². The fourth-order valence-corrected chi connectivity index (χ4v) is 2.52. The standard InChI is InChI=1S/C18H21ClN2O5/c1-2-3-4-5-10-20-18(22)17-9-7-14(26-17)12-25-16-8-6-13(21(23)24)11-15(16)19/h6-9,11H,2-5,10,12H2,1H3,(H,20,22). The first-order valence-electron chi connectivity index (χ1n) is 8.45. The molecule has 0 saturated carbocycles. The monoisotopic (exact) mass is 380 g/mol. The van der Waals surface area contributed by atoms with Crippen molar-refractivity contribution in [1.82, 2.24) is 5.32 Å². The van der Waals surface area contributed by atoms with Gasteiger partial charge in [-0.15, -0.1) is 0 Å². The van der Waals surface area contributed by atoms with Crippen LogP contribution in [0.4, 0.5) is 5.69 Å². The Hall–Kier alpha value is -2.54. The number of non-ortho nitro benzene ring substituents is 1. The van der Waals surface area contributed by atoms with Crippen molar-refractivity contribution in [1.29, 1.82) is 0 Å². The van der Waals surface area contributed by atoms with Gasteiger partial charge in [0.05, 0.1) is 9.95 Å². The number of nitro benzene ring substituents is 1. The van der Waals surface area contributed by atoms with Crippen LogP contribution in [0.3, 0.4) is 0 Å². The Balaban J connectivity index is 1.84. The number of unbranched alkanes of at least 4 members (excludes halogenated alkanes) is 3. The first kappa shape index (κ1) is 19.8. The molecule has 0 spiro atoms. The molecule has 0 aliphatic rings. The molecule has 1 amide bonds. The van der Waals surface area contributed by atoms with Crippen molar-refractivity contribution in [3.05, 3.63) is 57.0 Å². The lowest BCUT2D eigenvalue weighted by Gasteiger charge is -2.06. The molecule has 1 aromatic carbocycles. The van der Waals surface area contributed by atoms with Crippen molar-refractivity contribution in [2.24, 2.45) is 0 Å². The van der Waals surface area contributed by atoms with Crippen LogP contribution in [0, 0.1) is 10.1 Å². The number of ether oxygens (including phenoxy) is 1. The number of nitro groups is 1. The van der Waals surface area contributed by atoms with E-state index in [1.165, 1.54) is 18.2 Å². The van der Waals surface area contributed by atoms with E-state index in [0.29, 0.717) is 18.1 Å². The lowest BCUT2D eigenvalue weighted by Crippen LogP contribution is -2.23. The molecule has 1 aromatic heterocycles. The summed E-state index contributed by atoms with van der Waals surface area (Å²) in [5.41, 5.74) is -0.113. The number of nitrogens with zero attached hydrogens (tertiary/aromatic N) is 1. The van der Waals surface area contributed by atoms with Crippen molar-refractivity contribution < 1.29 is 18.9 Å². The molecule has 26 heavy (non-hydrogen) atoms. The molecule has 8 heteroatoms. The summed E-state index contributed by atoms with van der Waals surface area (Å²) in [7, 11) is 0. The predicted molar refractivity (Wildman–Crippen MR) is 97.6 cm³/mol. The molecule has 0 aliphatic carbocycles. The number of hydrogen-bond acceptors (Lipinski definition) is 5. The largest absolute Gasteiger partial charge is 0.484 e. The van der Waals surface area contributed by atoms with Crippen molar-refractivity contribution in [3.63, 3.8) is 0 Å². The first-order chi connectivity index (χ1) is 12.5. The summed E-state index contributed by atoms with van der Waals surface area (Å²) in [4.78, 5) is 22.1. The van der Waals surface area contributed by atoms with E-state index in [4.69, 9.17) is 20.8 Å². The van der Waals surface area contributed by atoms with Gasteiger partial charge in [0.25, 0.3) is 11.6 Å². The highest BCUT2D eigenvalue weighted by atomic mass is 35.5. The van der Waals surface area contributed by atoms with Gasteiger partial charge in [-0.25, -0.2) is 0 Å². The maximum Gasteiger partial charge on any atom is 0.286 e. The molecule has 7 nitrogen and oxygen atoms in total. The van der Waals surface area contributed by atoms with Gasteiger partial charge in [-0.3, -0.25) is 14.9 Å². The Kier molecular flexibility index (Phi) is 7.47. The van der Waals surface area contributed by atoms with Crippen LogP contribution in [0.1, 0.15) is 48.9 Å². The lowest BCUT2D eigenvalue weighted by atomic mass is 10.2. The van der Waals surface area contributed by atoms with Crippen LogP contribution in [0.25, 0.3) is 0 Å². The summed E-state index contributed by atoms with van der Waals surface area (Å²) in [6.45, 7) is 2.81. The van der Waals surface area contributed by atoms with Crippen molar-refractivity contribution in [3.8, 4) is 5.75 Å². The van der Waals surface area contributed by atoms with E-state index in [2.05, 4.69) is 12.2 Å². The quantitative estimate of drug-likeness (QED) is 0.365. The van der Waals surface area contributed by atoms with Gasteiger partial charge in [-0.05, 0) is 24.6 Å². The second kappa shape index (κ2) is 9.82. The van der Waals surface area contributed by atoms with E-state index < -0.39 is 4.92 Å². The van der Waals surface area contributed by atoms with Gasteiger partial charge in [0.1, 0.15) is 18.1 Å². The number of benzene rings is 1. The van der Waals surface area contributed by atoms with Gasteiger partial charge >= 0.3 is 0 Å². The third kappa shape index (κ3) is 5.77. The number of carbonyl (C=O) groups excluding carboxylic acids is 1. The fourth-order valence-electron chi connectivity index (χ4n) is 2.29. The maximum atomic E-state index is 12.0. The lowest BCUT2D eigenvalue weighted by molar-refractivity contribution is -0.384. The van der Waals surface area contributed by atoms with Gasteiger partial charge in [-0.2, -0.15) is 0 Å². The van der Waals surface area contributed by atoms with E-state index >= 15 is 0 Å². The van der Waals surface area contributed by atoms with E-state index in [1.54, 1.807) is 12.1 Å². The topological polar surface area (TPSA) is 94.6 Å². The molecule has 0 atom stereocenters. The number of halogens is 1. The van der Waals surface area contributed by atoms with Crippen molar-refractivity contribution >= 4 is 23.2 Å². The fraction of sp³-hybridized carbons (Fsp3) is 0.389. The zero-order valence-corrected chi connectivity index (χ0v) is 15.3. The molecule has 1 N–H and O–H groups in total. The number of furan rings is 1. The Bertz CT molecular complexity index is 760. The van der Waals surface area contributed by atoms with Gasteiger partial charge in [0.15, 0.2) is 5.76 Å². The molecule has 140 valence electrons. The number of hydrogen-bond donors (Lipinski definition) is 1. The maximum absolute atomic E-state index is 12.0. The smallest absolute Gasteiger partial charge is 0.286 e. The number of nitrogens with one attached hydrogen (secondary N) is 1. The molecule has 0 aliphatic heterocycles. The molecule has 0 bridgehead atoms. The summed E-state index contributed by atoms with van der Waals surface area (Å²) < 4.78 is 11.0. The SMILES string of the molecule is CCCCCCNC(=O)c1ccc(COc2ccc([N+](=O)[O-])cc2Cl)o1. The Morgan fingerprint density at radius 2 is 2.08 bits per heavy atom. The van der Waals surface area contributed by atoms with Crippen LogP contribution >= 0.6 is 11.6 Å². The summed E-state index contributed by atoms with van der Waals surface area (Å²) in [6, 6.07) is 7.17. The van der Waals surface area contributed by atoms with Crippen LogP contribution in [-0.4, -0.2) is 17.4 Å². The second-order valence-corrected chi connectivity index (χ2v) is 6.15. The number of amides is 1. The van der Waals surface area contributed by atoms with Crippen LogP contribution < -0.4 is 10.1 Å². The highest BCUT2D eigenvalue weighted by Crippen LogP contribution is 2.29. The van der Waals surface area contributed by atoms with Gasteiger partial charge in [-0.1, -0.05) is 37.8 Å². The van der Waals surface area contributed by atoms with Crippen molar-refractivity contribution in [2.75, 3.05) is 6.54 Å². The number of carbonyl (C=O) groups is 1. The third-order valence-corrected chi connectivity index (χ3v) is 3.99. The first-order valence-corrected chi connectivity index (χ1v) is 8.82. The Morgan fingerprint density at radius 3 is 2.77 bits per heavy atom. The summed E-state index contributed by atoms with van der Waals surface area (Å²) in [5, 5.41) is 13.6. The molecular weight excluding hydrogens is 360 g/mol. The minimum absolute atomic E-state index is 0.0569. The molecule has 2 rings (SSSR count). The molecule has 0 unspecified atom stereocenters.